The number of sulfonamides is 1. The Bertz CT molecular complexity index is 644. The molecule has 2 rings (SSSR count). The molecule has 1 N–H and O–H groups in total. The summed E-state index contributed by atoms with van der Waals surface area (Å²) < 4.78 is 27.1. The minimum atomic E-state index is -3.56. The molecule has 0 aliphatic heterocycles. The maximum absolute atomic E-state index is 12.2. The van der Waals surface area contributed by atoms with Crippen LogP contribution in [0.4, 0.5) is 0 Å². The molecule has 0 atom stereocenters. The maximum Gasteiger partial charge on any atom is 0.240 e. The van der Waals surface area contributed by atoms with Crippen molar-refractivity contribution in [2.45, 2.75) is 37.5 Å². The second-order valence-corrected chi connectivity index (χ2v) is 7.91. The first-order chi connectivity index (χ1) is 9.92. The van der Waals surface area contributed by atoms with Gasteiger partial charge in [-0.15, -0.1) is 0 Å². The van der Waals surface area contributed by atoms with Crippen LogP contribution in [0.15, 0.2) is 23.1 Å². The zero-order chi connectivity index (χ0) is 15.5. The molecule has 0 amide bonds. The minimum Gasteiger partial charge on any atom is -0.211 e. The van der Waals surface area contributed by atoms with Crippen LogP contribution >= 0.6 is 11.6 Å². The van der Waals surface area contributed by atoms with E-state index >= 15 is 0 Å². The molecule has 1 aliphatic carbocycles. The van der Waals surface area contributed by atoms with Gasteiger partial charge in [-0.1, -0.05) is 31.4 Å². The summed E-state index contributed by atoms with van der Waals surface area (Å²) in [6, 6.07) is 6.08. The molecule has 1 aromatic carbocycles. The molecule has 0 bridgehead atoms. The molecule has 0 radical (unpaired) electrons. The van der Waals surface area contributed by atoms with Gasteiger partial charge >= 0.3 is 0 Å². The van der Waals surface area contributed by atoms with Gasteiger partial charge in [-0.3, -0.25) is 0 Å². The van der Waals surface area contributed by atoms with Crippen LogP contribution in [0.3, 0.4) is 0 Å². The van der Waals surface area contributed by atoms with E-state index < -0.39 is 10.0 Å². The molecule has 1 aromatic rings. The van der Waals surface area contributed by atoms with E-state index in [1.807, 2.05) is 6.07 Å². The third-order valence-electron chi connectivity index (χ3n) is 4.07. The Balaban J connectivity index is 2.02. The standard InChI is InChI=1S/C15H19ClN2O2S/c1-11-2-4-12(5-3-11)10-18-21(19,20)14-7-6-13(9-17)15(16)8-14/h6-8,11-12,18H,2-5,10H2,1H3. The SMILES string of the molecule is CC1CCC(CNS(=O)(=O)c2ccc(C#N)c(Cl)c2)CC1. The van der Waals surface area contributed by atoms with Gasteiger partial charge in [-0.25, -0.2) is 13.1 Å². The van der Waals surface area contributed by atoms with E-state index in [4.69, 9.17) is 16.9 Å². The predicted molar refractivity (Wildman–Crippen MR) is 82.5 cm³/mol. The lowest BCUT2D eigenvalue weighted by atomic mass is 9.83. The minimum absolute atomic E-state index is 0.107. The molecule has 21 heavy (non-hydrogen) atoms. The van der Waals surface area contributed by atoms with E-state index in [1.54, 1.807) is 0 Å². The van der Waals surface area contributed by atoms with Crippen LogP contribution in [0.25, 0.3) is 0 Å². The Labute approximate surface area is 131 Å². The summed E-state index contributed by atoms with van der Waals surface area (Å²) in [6.07, 6.45) is 4.46. The molecular formula is C15H19ClN2O2S. The van der Waals surface area contributed by atoms with Crippen molar-refractivity contribution in [2.75, 3.05) is 6.54 Å². The van der Waals surface area contributed by atoms with Crippen molar-refractivity contribution in [3.8, 4) is 6.07 Å². The first-order valence-electron chi connectivity index (χ1n) is 7.11. The lowest BCUT2D eigenvalue weighted by Gasteiger charge is -2.26. The predicted octanol–water partition coefficient (Wildman–Crippen LogP) is 3.32. The summed E-state index contributed by atoms with van der Waals surface area (Å²) in [6.45, 7) is 2.70. The van der Waals surface area contributed by atoms with Crippen LogP contribution in [0.5, 0.6) is 0 Å². The first kappa shape index (κ1) is 16.3. The highest BCUT2D eigenvalue weighted by atomic mass is 35.5. The molecule has 1 fully saturated rings. The Kier molecular flexibility index (Phi) is 5.26. The van der Waals surface area contributed by atoms with Gasteiger partial charge < -0.3 is 0 Å². The highest BCUT2D eigenvalue weighted by Crippen LogP contribution is 2.28. The van der Waals surface area contributed by atoms with Crippen molar-refractivity contribution in [3.05, 3.63) is 28.8 Å². The largest absolute Gasteiger partial charge is 0.240 e. The number of nitriles is 1. The number of hydrogen-bond donors (Lipinski definition) is 1. The van der Waals surface area contributed by atoms with Crippen molar-refractivity contribution in [1.29, 1.82) is 5.26 Å². The van der Waals surface area contributed by atoms with Gasteiger partial charge in [0.1, 0.15) is 6.07 Å². The fourth-order valence-corrected chi connectivity index (χ4v) is 4.03. The quantitative estimate of drug-likeness (QED) is 0.922. The second kappa shape index (κ2) is 6.78. The van der Waals surface area contributed by atoms with E-state index in [-0.39, 0.29) is 15.5 Å². The number of rotatable bonds is 4. The highest BCUT2D eigenvalue weighted by molar-refractivity contribution is 7.89. The van der Waals surface area contributed by atoms with Crippen LogP contribution in [0.1, 0.15) is 38.2 Å². The molecule has 0 aromatic heterocycles. The van der Waals surface area contributed by atoms with E-state index in [0.29, 0.717) is 12.5 Å². The third kappa shape index (κ3) is 4.19. The van der Waals surface area contributed by atoms with Crippen molar-refractivity contribution < 1.29 is 8.42 Å². The fraction of sp³-hybridized carbons (Fsp3) is 0.533. The van der Waals surface area contributed by atoms with Gasteiger partial charge in [-0.05, 0) is 42.9 Å². The van der Waals surface area contributed by atoms with E-state index in [2.05, 4.69) is 11.6 Å². The zero-order valence-corrected chi connectivity index (χ0v) is 13.5. The second-order valence-electron chi connectivity index (χ2n) is 5.73. The third-order valence-corrected chi connectivity index (χ3v) is 5.80. The van der Waals surface area contributed by atoms with Gasteiger partial charge in [0.25, 0.3) is 0 Å². The summed E-state index contributed by atoms with van der Waals surface area (Å²) in [5, 5.41) is 8.97. The number of halogens is 1. The Morgan fingerprint density at radius 1 is 1.33 bits per heavy atom. The highest BCUT2D eigenvalue weighted by Gasteiger charge is 2.21. The number of hydrogen-bond acceptors (Lipinski definition) is 3. The first-order valence-corrected chi connectivity index (χ1v) is 8.98. The maximum atomic E-state index is 12.2. The lowest BCUT2D eigenvalue weighted by Crippen LogP contribution is -2.31. The van der Waals surface area contributed by atoms with Crippen molar-refractivity contribution in [2.24, 2.45) is 11.8 Å². The Morgan fingerprint density at radius 3 is 2.57 bits per heavy atom. The van der Waals surface area contributed by atoms with Crippen LogP contribution in [-0.4, -0.2) is 15.0 Å². The Hall–Kier alpha value is -1.09. The van der Waals surface area contributed by atoms with E-state index in [1.165, 1.54) is 18.2 Å². The Morgan fingerprint density at radius 2 is 2.00 bits per heavy atom. The topological polar surface area (TPSA) is 70.0 Å². The van der Waals surface area contributed by atoms with Gasteiger partial charge in [-0.2, -0.15) is 5.26 Å². The molecule has 1 aliphatic rings. The van der Waals surface area contributed by atoms with E-state index in [0.717, 1.165) is 31.6 Å². The summed E-state index contributed by atoms with van der Waals surface area (Å²) in [5.74, 6) is 1.15. The average molecular weight is 327 g/mol. The average Bonchev–Trinajstić information content (AvgIpc) is 2.46. The number of benzene rings is 1. The number of nitrogens with one attached hydrogen (secondary N) is 1. The fourth-order valence-electron chi connectivity index (χ4n) is 2.60. The molecule has 6 heteroatoms. The summed E-state index contributed by atoms with van der Waals surface area (Å²) in [5.41, 5.74) is 0.275. The molecule has 114 valence electrons. The van der Waals surface area contributed by atoms with Gasteiger partial charge in [0, 0.05) is 6.54 Å². The monoisotopic (exact) mass is 326 g/mol. The van der Waals surface area contributed by atoms with Crippen LogP contribution in [-0.2, 0) is 10.0 Å². The molecule has 4 nitrogen and oxygen atoms in total. The van der Waals surface area contributed by atoms with E-state index in [9.17, 15) is 8.42 Å². The summed E-state index contributed by atoms with van der Waals surface area (Å²) in [4.78, 5) is 0.107. The molecule has 0 saturated heterocycles. The smallest absolute Gasteiger partial charge is 0.211 e. The lowest BCUT2D eigenvalue weighted by molar-refractivity contribution is 0.290. The van der Waals surface area contributed by atoms with Crippen molar-refractivity contribution in [1.82, 2.24) is 4.72 Å². The molecule has 0 heterocycles. The molecule has 0 unspecified atom stereocenters. The van der Waals surface area contributed by atoms with Crippen LogP contribution < -0.4 is 4.72 Å². The molecule has 0 spiro atoms. The van der Waals surface area contributed by atoms with Crippen LogP contribution in [0, 0.1) is 23.2 Å². The van der Waals surface area contributed by atoms with Gasteiger partial charge in [0.05, 0.1) is 15.5 Å². The van der Waals surface area contributed by atoms with Crippen LogP contribution in [0.2, 0.25) is 5.02 Å². The van der Waals surface area contributed by atoms with Gasteiger partial charge in [0.2, 0.25) is 10.0 Å². The summed E-state index contributed by atoms with van der Waals surface area (Å²) >= 11 is 5.89. The molecular weight excluding hydrogens is 308 g/mol. The van der Waals surface area contributed by atoms with Gasteiger partial charge in [0.15, 0.2) is 0 Å². The van der Waals surface area contributed by atoms with Crippen molar-refractivity contribution >= 4 is 21.6 Å². The normalized spacial score (nSPS) is 22.7. The summed E-state index contributed by atoms with van der Waals surface area (Å²) in [7, 11) is -3.56. The molecule has 1 saturated carbocycles. The van der Waals surface area contributed by atoms with Crippen molar-refractivity contribution in [3.63, 3.8) is 0 Å². The number of nitrogens with zero attached hydrogens (tertiary/aromatic N) is 1. The zero-order valence-electron chi connectivity index (χ0n) is 12.0.